The molecule has 32 heavy (non-hydrogen) atoms. The van der Waals surface area contributed by atoms with Crippen molar-refractivity contribution in [2.75, 3.05) is 6.54 Å². The maximum Gasteiger partial charge on any atom is 0.251 e. The lowest BCUT2D eigenvalue weighted by atomic mass is 9.60. The van der Waals surface area contributed by atoms with Crippen molar-refractivity contribution in [3.8, 4) is 5.75 Å². The van der Waals surface area contributed by atoms with Crippen molar-refractivity contribution in [3.63, 3.8) is 0 Å². The van der Waals surface area contributed by atoms with E-state index in [2.05, 4.69) is 16.1 Å². The number of ether oxygens (including phenoxy) is 1. The molecule has 0 aromatic heterocycles. The summed E-state index contributed by atoms with van der Waals surface area (Å²) in [5.74, 6) is -0.638. The van der Waals surface area contributed by atoms with Crippen LogP contribution in [0.15, 0.2) is 18.2 Å². The summed E-state index contributed by atoms with van der Waals surface area (Å²) in [4.78, 5) is 42.5. The van der Waals surface area contributed by atoms with Gasteiger partial charge in [0, 0.05) is 37.0 Å². The quantitative estimate of drug-likeness (QED) is 0.501. The number of aldehydes is 1. The molecule has 1 aromatic rings. The van der Waals surface area contributed by atoms with E-state index in [0.717, 1.165) is 6.07 Å². The van der Waals surface area contributed by atoms with E-state index in [-0.39, 0.29) is 41.5 Å². The summed E-state index contributed by atoms with van der Waals surface area (Å²) in [6, 6.07) is 4.06. The Kier molecular flexibility index (Phi) is 6.53. The zero-order chi connectivity index (χ0) is 22.9. The Labute approximate surface area is 190 Å². The van der Waals surface area contributed by atoms with Gasteiger partial charge < -0.3 is 15.4 Å². The van der Waals surface area contributed by atoms with Crippen LogP contribution in [0.2, 0.25) is 5.02 Å². The van der Waals surface area contributed by atoms with Gasteiger partial charge in [-0.15, -0.1) is 0 Å². The highest BCUT2D eigenvalue weighted by molar-refractivity contribution is 6.30. The smallest absolute Gasteiger partial charge is 0.251 e. The summed E-state index contributed by atoms with van der Waals surface area (Å²) < 4.78 is 19.2. The number of hydrogen-bond donors (Lipinski definition) is 3. The number of rotatable bonds is 8. The minimum atomic E-state index is -0.889. The van der Waals surface area contributed by atoms with E-state index in [1.165, 1.54) is 12.1 Å². The van der Waals surface area contributed by atoms with Gasteiger partial charge in [0.05, 0.1) is 10.6 Å². The second kappa shape index (κ2) is 9.05. The van der Waals surface area contributed by atoms with Crippen molar-refractivity contribution in [3.05, 3.63) is 29.0 Å². The lowest BCUT2D eigenvalue weighted by Crippen LogP contribution is -2.69. The predicted octanol–water partition coefficient (Wildman–Crippen LogP) is 1.84. The summed E-state index contributed by atoms with van der Waals surface area (Å²) in [7, 11) is 0. The first-order valence-corrected chi connectivity index (χ1v) is 11.2. The van der Waals surface area contributed by atoms with Crippen molar-refractivity contribution < 1.29 is 28.3 Å². The van der Waals surface area contributed by atoms with Crippen LogP contribution in [0.1, 0.15) is 45.4 Å². The van der Waals surface area contributed by atoms with Crippen LogP contribution in [0.3, 0.4) is 0 Å². The summed E-state index contributed by atoms with van der Waals surface area (Å²) in [5, 5.41) is 6.26. The third-order valence-corrected chi connectivity index (χ3v) is 7.03. The fourth-order valence-corrected chi connectivity index (χ4v) is 4.91. The van der Waals surface area contributed by atoms with Crippen LogP contribution in [0.25, 0.3) is 0 Å². The van der Waals surface area contributed by atoms with Gasteiger partial charge in [-0.1, -0.05) is 11.6 Å². The number of carbonyl (C=O) groups is 3. The minimum Gasteiger partial charge on any atom is -0.482 e. The molecule has 3 saturated carbocycles. The van der Waals surface area contributed by atoms with Crippen LogP contribution in [-0.2, 0) is 19.2 Å². The number of carbonyl (C=O) groups excluding carboxylic acids is 3. The first kappa shape index (κ1) is 23.1. The SMILES string of the molecule is CC1CC(C(=O)NC23CCC(NCC(C=O)Oc4ccc(Cl)c(F)c4)(CC2)C(=O)C3)ON1. The van der Waals surface area contributed by atoms with Gasteiger partial charge in [0.2, 0.25) is 0 Å². The average molecular weight is 468 g/mol. The van der Waals surface area contributed by atoms with Crippen molar-refractivity contribution in [1.82, 2.24) is 16.1 Å². The molecule has 1 heterocycles. The van der Waals surface area contributed by atoms with E-state index in [1.807, 2.05) is 6.92 Å². The molecule has 0 spiro atoms. The van der Waals surface area contributed by atoms with Gasteiger partial charge in [-0.05, 0) is 44.7 Å². The molecule has 3 atom stereocenters. The Morgan fingerprint density at radius 2 is 2.16 bits per heavy atom. The minimum absolute atomic E-state index is 0.0105. The van der Waals surface area contributed by atoms with E-state index in [9.17, 15) is 18.8 Å². The molecule has 3 unspecified atom stereocenters. The molecule has 3 aliphatic carbocycles. The number of hydrogen-bond acceptors (Lipinski definition) is 7. The van der Waals surface area contributed by atoms with Crippen LogP contribution in [-0.4, -0.2) is 53.8 Å². The van der Waals surface area contributed by atoms with Crippen molar-refractivity contribution >= 4 is 29.6 Å². The number of ketones is 1. The highest BCUT2D eigenvalue weighted by atomic mass is 35.5. The Morgan fingerprint density at radius 1 is 1.41 bits per heavy atom. The Hall–Kier alpha value is -2.07. The van der Waals surface area contributed by atoms with Gasteiger partial charge in [0.25, 0.3) is 5.91 Å². The summed E-state index contributed by atoms with van der Waals surface area (Å²) in [6.45, 7) is 2.05. The molecule has 10 heteroatoms. The van der Waals surface area contributed by atoms with Crippen molar-refractivity contribution in [1.29, 1.82) is 0 Å². The van der Waals surface area contributed by atoms with Gasteiger partial charge in [-0.2, -0.15) is 5.48 Å². The number of nitrogens with one attached hydrogen (secondary N) is 3. The Bertz CT molecular complexity index is 906. The van der Waals surface area contributed by atoms with Crippen LogP contribution in [0.4, 0.5) is 4.39 Å². The van der Waals surface area contributed by atoms with E-state index in [4.69, 9.17) is 21.2 Å². The summed E-state index contributed by atoms with van der Waals surface area (Å²) in [5.41, 5.74) is 1.50. The van der Waals surface area contributed by atoms with Gasteiger partial charge in [0.15, 0.2) is 24.3 Å². The standard InChI is InChI=1S/C22H27ClFN3O5/c1-13-8-18(32-27-13)20(30)26-21-4-6-22(7-5-21,19(29)10-21)25-11-15(12-28)31-14-2-3-16(23)17(24)9-14/h2-3,9,12-13,15,18,25,27H,4-8,10-11H2,1H3,(H,26,30). The number of hydroxylamine groups is 1. The lowest BCUT2D eigenvalue weighted by molar-refractivity contribution is -0.142. The summed E-state index contributed by atoms with van der Waals surface area (Å²) in [6.07, 6.45) is 2.41. The molecule has 4 fully saturated rings. The van der Waals surface area contributed by atoms with Crippen LogP contribution in [0.5, 0.6) is 5.75 Å². The molecule has 174 valence electrons. The van der Waals surface area contributed by atoms with Crippen molar-refractivity contribution in [2.24, 2.45) is 0 Å². The molecular formula is C22H27ClFN3O5. The van der Waals surface area contributed by atoms with Gasteiger partial charge in [-0.25, -0.2) is 4.39 Å². The second-order valence-corrected chi connectivity index (χ2v) is 9.47. The third-order valence-electron chi connectivity index (χ3n) is 6.73. The molecule has 5 rings (SSSR count). The highest BCUT2D eigenvalue weighted by Gasteiger charge is 2.55. The maximum absolute atomic E-state index is 13.6. The van der Waals surface area contributed by atoms with Gasteiger partial charge in [0.1, 0.15) is 11.6 Å². The van der Waals surface area contributed by atoms with Gasteiger partial charge >= 0.3 is 0 Å². The van der Waals surface area contributed by atoms with Crippen LogP contribution in [0, 0.1) is 5.82 Å². The molecule has 2 bridgehead atoms. The molecule has 1 amide bonds. The zero-order valence-electron chi connectivity index (χ0n) is 17.8. The normalized spacial score (nSPS) is 32.5. The van der Waals surface area contributed by atoms with Crippen molar-refractivity contribution in [2.45, 2.75) is 74.8 Å². The average Bonchev–Trinajstić information content (AvgIpc) is 3.21. The number of Topliss-reactive ketones (excluding diaryl/α,β-unsaturated/α-hetero) is 1. The Balaban J connectivity index is 1.33. The van der Waals surface area contributed by atoms with E-state index < -0.39 is 29.1 Å². The highest BCUT2D eigenvalue weighted by Crippen LogP contribution is 2.45. The number of amides is 1. The monoisotopic (exact) mass is 467 g/mol. The number of benzene rings is 1. The molecule has 8 nitrogen and oxygen atoms in total. The topological polar surface area (TPSA) is 106 Å². The fraction of sp³-hybridized carbons (Fsp3) is 0.591. The van der Waals surface area contributed by atoms with E-state index in [0.29, 0.717) is 38.4 Å². The second-order valence-electron chi connectivity index (χ2n) is 9.06. The molecule has 3 N–H and O–H groups in total. The fourth-order valence-electron chi connectivity index (χ4n) is 4.79. The lowest BCUT2D eigenvalue weighted by Gasteiger charge is -2.52. The molecule has 0 radical (unpaired) electrons. The van der Waals surface area contributed by atoms with E-state index in [1.54, 1.807) is 0 Å². The van der Waals surface area contributed by atoms with Gasteiger partial charge in [-0.3, -0.25) is 19.2 Å². The Morgan fingerprint density at radius 3 is 2.75 bits per heavy atom. The number of fused-ring (bicyclic) bond motifs is 3. The molecule has 4 aliphatic rings. The molecule has 1 aromatic carbocycles. The maximum atomic E-state index is 13.6. The predicted molar refractivity (Wildman–Crippen MR) is 114 cm³/mol. The molecule has 1 aliphatic heterocycles. The first-order chi connectivity index (χ1) is 15.2. The first-order valence-electron chi connectivity index (χ1n) is 10.8. The van der Waals surface area contributed by atoms with Crippen LogP contribution >= 0.6 is 11.6 Å². The largest absolute Gasteiger partial charge is 0.482 e. The zero-order valence-corrected chi connectivity index (χ0v) is 18.5. The molecule has 1 saturated heterocycles. The summed E-state index contributed by atoms with van der Waals surface area (Å²) >= 11 is 5.67. The third kappa shape index (κ3) is 4.66. The van der Waals surface area contributed by atoms with E-state index >= 15 is 0 Å². The molecular weight excluding hydrogens is 441 g/mol. The van der Waals surface area contributed by atoms with Crippen LogP contribution < -0.4 is 20.9 Å². The number of halogens is 2.